The number of esters is 1. The number of thiophene rings is 1. The molecule has 1 aliphatic heterocycles. The van der Waals surface area contributed by atoms with Gasteiger partial charge in [-0.2, -0.15) is 13.2 Å². The average Bonchev–Trinajstić information content (AvgIpc) is 2.98. The van der Waals surface area contributed by atoms with Crippen LogP contribution in [0.1, 0.15) is 31.2 Å². The topological polar surface area (TPSA) is 35.5 Å². The van der Waals surface area contributed by atoms with Gasteiger partial charge in [0.1, 0.15) is 4.88 Å². The average molecular weight is 356 g/mol. The molecule has 0 radical (unpaired) electrons. The van der Waals surface area contributed by atoms with Gasteiger partial charge in [0.15, 0.2) is 0 Å². The smallest absolute Gasteiger partial charge is 0.416 e. The maximum absolute atomic E-state index is 12.9. The molecule has 0 atom stereocenters. The Morgan fingerprint density at radius 2 is 2.08 bits per heavy atom. The molecule has 128 valence electrons. The third-order valence-corrected chi connectivity index (χ3v) is 4.97. The highest BCUT2D eigenvalue weighted by Gasteiger charge is 2.32. The molecule has 0 amide bonds. The molecule has 0 bridgehead atoms. The minimum Gasteiger partial charge on any atom is -0.461 e. The van der Waals surface area contributed by atoms with E-state index < -0.39 is 17.7 Å². The summed E-state index contributed by atoms with van der Waals surface area (Å²) in [6, 6.07) is 7.06. The van der Waals surface area contributed by atoms with Crippen molar-refractivity contribution in [2.75, 3.05) is 13.2 Å². The molecule has 1 aromatic carbocycles. The first-order valence-corrected chi connectivity index (χ1v) is 8.28. The van der Waals surface area contributed by atoms with Gasteiger partial charge in [-0.05, 0) is 23.3 Å². The molecule has 0 saturated carbocycles. The van der Waals surface area contributed by atoms with Crippen molar-refractivity contribution in [3.05, 3.63) is 56.8 Å². The summed E-state index contributed by atoms with van der Waals surface area (Å²) in [6.07, 6.45) is -3.62. The van der Waals surface area contributed by atoms with Crippen LogP contribution in [0.3, 0.4) is 0 Å². The van der Waals surface area contributed by atoms with Crippen LogP contribution < -0.4 is 0 Å². The molecule has 3 nitrogen and oxygen atoms in total. The number of fused-ring (bicyclic) bond motifs is 1. The highest BCUT2D eigenvalue weighted by molar-refractivity contribution is 7.14. The van der Waals surface area contributed by atoms with E-state index in [0.717, 1.165) is 22.9 Å². The van der Waals surface area contributed by atoms with Crippen molar-refractivity contribution in [1.82, 2.24) is 0 Å². The van der Waals surface area contributed by atoms with Gasteiger partial charge >= 0.3 is 12.1 Å². The summed E-state index contributed by atoms with van der Waals surface area (Å²) >= 11 is 1.36. The first-order chi connectivity index (χ1) is 11.4. The Kier molecular flexibility index (Phi) is 4.91. The molecular formula is C17H15F3O3S. The monoisotopic (exact) mass is 356 g/mol. The molecular weight excluding hydrogens is 341 g/mol. The van der Waals surface area contributed by atoms with E-state index >= 15 is 0 Å². The molecule has 7 heteroatoms. The van der Waals surface area contributed by atoms with Crippen molar-refractivity contribution in [1.29, 1.82) is 0 Å². The summed E-state index contributed by atoms with van der Waals surface area (Å²) in [5.74, 6) is -0.501. The predicted octanol–water partition coefficient (Wildman–Crippen LogP) is 4.24. The van der Waals surface area contributed by atoms with Gasteiger partial charge in [-0.15, -0.1) is 11.3 Å². The Hall–Kier alpha value is -1.86. The number of benzene rings is 1. The number of carbonyl (C=O) groups excluding carboxylic acids is 1. The number of hydrogen-bond acceptors (Lipinski definition) is 4. The molecule has 2 heterocycles. The molecule has 0 aliphatic carbocycles. The Morgan fingerprint density at radius 3 is 2.83 bits per heavy atom. The van der Waals surface area contributed by atoms with E-state index in [-0.39, 0.29) is 18.6 Å². The Bertz CT molecular complexity index is 713. The third kappa shape index (κ3) is 3.79. The van der Waals surface area contributed by atoms with Crippen molar-refractivity contribution in [3.8, 4) is 0 Å². The van der Waals surface area contributed by atoms with Gasteiger partial charge in [-0.1, -0.05) is 18.2 Å². The molecule has 0 N–H and O–H groups in total. The van der Waals surface area contributed by atoms with Crippen LogP contribution in [-0.4, -0.2) is 19.2 Å². The van der Waals surface area contributed by atoms with E-state index in [1.54, 1.807) is 12.1 Å². The van der Waals surface area contributed by atoms with Gasteiger partial charge < -0.3 is 9.47 Å². The lowest BCUT2D eigenvalue weighted by molar-refractivity contribution is -0.138. The Morgan fingerprint density at radius 1 is 1.29 bits per heavy atom. The van der Waals surface area contributed by atoms with Gasteiger partial charge in [0.25, 0.3) is 0 Å². The molecule has 1 aliphatic rings. The van der Waals surface area contributed by atoms with Crippen LogP contribution in [0.4, 0.5) is 13.2 Å². The fourth-order valence-corrected chi connectivity index (χ4v) is 3.63. The summed E-state index contributed by atoms with van der Waals surface area (Å²) < 4.78 is 49.2. The summed E-state index contributed by atoms with van der Waals surface area (Å²) in [7, 11) is 0. The van der Waals surface area contributed by atoms with Gasteiger partial charge in [-0.25, -0.2) is 4.79 Å². The first kappa shape index (κ1) is 17.0. The van der Waals surface area contributed by atoms with Crippen molar-refractivity contribution >= 4 is 17.3 Å². The van der Waals surface area contributed by atoms with Crippen molar-refractivity contribution in [2.45, 2.75) is 25.6 Å². The second-order valence-corrected chi connectivity index (χ2v) is 6.54. The van der Waals surface area contributed by atoms with Crippen LogP contribution in [0.2, 0.25) is 0 Å². The normalized spacial score (nSPS) is 14.3. The summed E-state index contributed by atoms with van der Waals surface area (Å²) in [5, 5.41) is 0. The van der Waals surface area contributed by atoms with E-state index in [0.29, 0.717) is 18.1 Å². The molecule has 1 aromatic heterocycles. The van der Waals surface area contributed by atoms with E-state index in [1.165, 1.54) is 23.5 Å². The maximum atomic E-state index is 12.9. The highest BCUT2D eigenvalue weighted by Crippen LogP contribution is 2.32. The summed E-state index contributed by atoms with van der Waals surface area (Å²) in [4.78, 5) is 13.6. The van der Waals surface area contributed by atoms with Crippen LogP contribution in [0.25, 0.3) is 0 Å². The lowest BCUT2D eigenvalue weighted by Crippen LogP contribution is -2.12. The number of alkyl halides is 3. The van der Waals surface area contributed by atoms with Crippen molar-refractivity contribution in [3.63, 3.8) is 0 Å². The van der Waals surface area contributed by atoms with Crippen LogP contribution in [0, 0.1) is 0 Å². The predicted molar refractivity (Wildman–Crippen MR) is 83.1 cm³/mol. The Balaban J connectivity index is 1.61. The first-order valence-electron chi connectivity index (χ1n) is 7.46. The SMILES string of the molecule is O=C(OCCc1ccccc1C(F)(F)F)c1cc2c(s1)CCOC2. The molecule has 24 heavy (non-hydrogen) atoms. The number of rotatable bonds is 4. The number of ether oxygens (including phenoxy) is 2. The zero-order valence-corrected chi connectivity index (χ0v) is 13.5. The van der Waals surface area contributed by atoms with Crippen molar-refractivity contribution < 1.29 is 27.4 Å². The molecule has 3 rings (SSSR count). The highest BCUT2D eigenvalue weighted by atomic mass is 32.1. The van der Waals surface area contributed by atoms with Gasteiger partial charge in [0, 0.05) is 17.7 Å². The fourth-order valence-electron chi connectivity index (χ4n) is 2.59. The number of halogens is 3. The second kappa shape index (κ2) is 6.94. The minimum atomic E-state index is -4.41. The van der Waals surface area contributed by atoms with Crippen LogP contribution in [-0.2, 0) is 35.1 Å². The second-order valence-electron chi connectivity index (χ2n) is 5.40. The van der Waals surface area contributed by atoms with Gasteiger partial charge in [0.2, 0.25) is 0 Å². The van der Waals surface area contributed by atoms with E-state index in [2.05, 4.69) is 0 Å². The zero-order valence-electron chi connectivity index (χ0n) is 12.7. The lowest BCUT2D eigenvalue weighted by Gasteiger charge is -2.12. The van der Waals surface area contributed by atoms with Gasteiger partial charge in [0.05, 0.1) is 25.4 Å². The Labute approximate surface area is 141 Å². The summed E-state index contributed by atoms with van der Waals surface area (Å²) in [6.45, 7) is 1.03. The number of carbonyl (C=O) groups is 1. The maximum Gasteiger partial charge on any atom is 0.416 e. The van der Waals surface area contributed by atoms with E-state index in [4.69, 9.17) is 9.47 Å². The largest absolute Gasteiger partial charge is 0.461 e. The molecule has 2 aromatic rings. The van der Waals surface area contributed by atoms with Crippen LogP contribution in [0.5, 0.6) is 0 Å². The molecule has 0 fully saturated rings. The van der Waals surface area contributed by atoms with E-state index in [9.17, 15) is 18.0 Å². The fraction of sp³-hybridized carbons (Fsp3) is 0.353. The standard InChI is InChI=1S/C17H15F3O3S/c18-17(19,20)13-4-2-1-3-11(13)5-8-23-16(21)15-9-12-10-22-7-6-14(12)24-15/h1-4,9H,5-8,10H2. The van der Waals surface area contributed by atoms with E-state index in [1.807, 2.05) is 0 Å². The number of hydrogen-bond donors (Lipinski definition) is 0. The van der Waals surface area contributed by atoms with Crippen LogP contribution >= 0.6 is 11.3 Å². The molecule has 0 unspecified atom stereocenters. The molecule has 0 saturated heterocycles. The molecule has 0 spiro atoms. The van der Waals surface area contributed by atoms with Crippen LogP contribution in [0.15, 0.2) is 30.3 Å². The van der Waals surface area contributed by atoms with Gasteiger partial charge in [-0.3, -0.25) is 0 Å². The lowest BCUT2D eigenvalue weighted by atomic mass is 10.0. The minimum absolute atomic E-state index is 0.0234. The zero-order chi connectivity index (χ0) is 17.2. The summed E-state index contributed by atoms with van der Waals surface area (Å²) in [5.41, 5.74) is 0.419. The quantitative estimate of drug-likeness (QED) is 0.769. The third-order valence-electron chi connectivity index (χ3n) is 3.76. The van der Waals surface area contributed by atoms with Crippen molar-refractivity contribution in [2.24, 2.45) is 0 Å².